The van der Waals surface area contributed by atoms with Crippen LogP contribution in [-0.4, -0.2) is 35.9 Å². The molecule has 0 aliphatic carbocycles. The maximum absolute atomic E-state index is 11.3. The van der Waals surface area contributed by atoms with Gasteiger partial charge in [0.1, 0.15) is 0 Å². The van der Waals surface area contributed by atoms with Crippen LogP contribution in [0.25, 0.3) is 6.08 Å². The summed E-state index contributed by atoms with van der Waals surface area (Å²) in [7, 11) is -0.528. The predicted molar refractivity (Wildman–Crippen MR) is 91.3 cm³/mol. The molecule has 124 valence electrons. The smallest absolute Gasteiger partial charge is 0.478 e. The van der Waals surface area contributed by atoms with E-state index in [0.717, 1.165) is 16.6 Å². The molecule has 1 aromatic carbocycles. The Bertz CT molecular complexity index is 636. The summed E-state index contributed by atoms with van der Waals surface area (Å²) in [5.74, 6) is -0.942. The standard InChI is InChI=1S/C17H24BNO4/c1-11-6-7-12(9-14(11)15(20)21)8-13(10-19)18-22-16(2,3)17(4,5)23-18/h6-9H,10,19H2,1-5H3,(H,20,21). The third-order valence-electron chi connectivity index (χ3n) is 4.64. The molecule has 0 saturated carbocycles. The summed E-state index contributed by atoms with van der Waals surface area (Å²) < 4.78 is 12.0. The summed E-state index contributed by atoms with van der Waals surface area (Å²) in [5, 5.41) is 9.24. The summed E-state index contributed by atoms with van der Waals surface area (Å²) in [6.07, 6.45) is 1.84. The fraction of sp³-hybridized carbons (Fsp3) is 0.471. The first-order chi connectivity index (χ1) is 10.6. The average Bonchev–Trinajstić information content (AvgIpc) is 2.66. The number of hydrogen-bond acceptors (Lipinski definition) is 4. The number of rotatable bonds is 4. The van der Waals surface area contributed by atoms with Crippen molar-refractivity contribution in [3.05, 3.63) is 40.4 Å². The van der Waals surface area contributed by atoms with Crippen molar-refractivity contribution >= 4 is 19.2 Å². The molecule has 0 unspecified atom stereocenters. The largest absolute Gasteiger partial charge is 0.491 e. The lowest BCUT2D eigenvalue weighted by Gasteiger charge is -2.32. The van der Waals surface area contributed by atoms with Crippen molar-refractivity contribution in [2.75, 3.05) is 6.54 Å². The molecule has 1 aliphatic heterocycles. The Hall–Kier alpha value is -1.63. The first-order valence-corrected chi connectivity index (χ1v) is 7.67. The molecule has 1 heterocycles. The van der Waals surface area contributed by atoms with Crippen molar-refractivity contribution in [1.29, 1.82) is 0 Å². The number of carbonyl (C=O) groups is 1. The van der Waals surface area contributed by atoms with E-state index in [0.29, 0.717) is 0 Å². The van der Waals surface area contributed by atoms with Gasteiger partial charge in [0.2, 0.25) is 0 Å². The lowest BCUT2D eigenvalue weighted by atomic mass is 9.77. The van der Waals surface area contributed by atoms with Gasteiger partial charge in [-0.15, -0.1) is 0 Å². The minimum atomic E-state index is -0.942. The van der Waals surface area contributed by atoms with Gasteiger partial charge in [-0.05, 0) is 57.3 Å². The topological polar surface area (TPSA) is 81.8 Å². The molecule has 0 amide bonds. The van der Waals surface area contributed by atoms with Gasteiger partial charge in [0, 0.05) is 6.54 Å². The molecule has 1 saturated heterocycles. The molecule has 0 spiro atoms. The number of benzene rings is 1. The van der Waals surface area contributed by atoms with Crippen molar-refractivity contribution in [3.8, 4) is 0 Å². The second-order valence-electron chi connectivity index (χ2n) is 6.89. The minimum absolute atomic E-state index is 0.271. The Morgan fingerprint density at radius 3 is 2.30 bits per heavy atom. The molecule has 23 heavy (non-hydrogen) atoms. The Labute approximate surface area is 137 Å². The van der Waals surface area contributed by atoms with Crippen LogP contribution in [0.15, 0.2) is 23.7 Å². The third kappa shape index (κ3) is 3.49. The lowest BCUT2D eigenvalue weighted by Crippen LogP contribution is -2.41. The monoisotopic (exact) mass is 317 g/mol. The van der Waals surface area contributed by atoms with E-state index in [1.807, 2.05) is 39.8 Å². The van der Waals surface area contributed by atoms with Gasteiger partial charge in [0.25, 0.3) is 0 Å². The van der Waals surface area contributed by atoms with Gasteiger partial charge in [0.15, 0.2) is 0 Å². The minimum Gasteiger partial charge on any atom is -0.478 e. The number of aryl methyl sites for hydroxylation is 1. The summed E-state index contributed by atoms with van der Waals surface area (Å²) >= 11 is 0. The SMILES string of the molecule is Cc1ccc(C=C(CN)B2OC(C)(C)C(C)(C)O2)cc1C(=O)O. The van der Waals surface area contributed by atoms with E-state index in [1.165, 1.54) is 0 Å². The molecule has 1 aliphatic rings. The van der Waals surface area contributed by atoms with Gasteiger partial charge in [-0.3, -0.25) is 0 Å². The molecule has 3 N–H and O–H groups in total. The third-order valence-corrected chi connectivity index (χ3v) is 4.64. The second kappa shape index (κ2) is 6.11. The van der Waals surface area contributed by atoms with Gasteiger partial charge in [0.05, 0.1) is 16.8 Å². The molecule has 1 fully saturated rings. The van der Waals surface area contributed by atoms with E-state index in [9.17, 15) is 9.90 Å². The molecule has 1 aromatic rings. The summed E-state index contributed by atoms with van der Waals surface area (Å²) in [5.41, 5.74) is 7.53. The Kier molecular flexibility index (Phi) is 4.71. The van der Waals surface area contributed by atoms with Crippen LogP contribution in [0.5, 0.6) is 0 Å². The Morgan fingerprint density at radius 1 is 1.26 bits per heavy atom. The average molecular weight is 317 g/mol. The van der Waals surface area contributed by atoms with Gasteiger partial charge in [-0.2, -0.15) is 0 Å². The molecular formula is C17H24BNO4. The van der Waals surface area contributed by atoms with Gasteiger partial charge in [-0.1, -0.05) is 18.2 Å². The van der Waals surface area contributed by atoms with Crippen molar-refractivity contribution in [3.63, 3.8) is 0 Å². The zero-order valence-corrected chi connectivity index (χ0v) is 14.3. The molecule has 0 aromatic heterocycles. The zero-order chi connectivity index (χ0) is 17.4. The summed E-state index contributed by atoms with van der Waals surface area (Å²) in [6.45, 7) is 9.97. The van der Waals surface area contributed by atoms with Crippen LogP contribution in [0.1, 0.15) is 49.2 Å². The molecular weight excluding hydrogens is 293 g/mol. The Balaban J connectivity index is 2.34. The van der Waals surface area contributed by atoms with Gasteiger partial charge < -0.3 is 20.1 Å². The van der Waals surface area contributed by atoms with Crippen molar-refractivity contribution in [2.45, 2.75) is 45.8 Å². The summed E-state index contributed by atoms with van der Waals surface area (Å²) in [4.78, 5) is 11.3. The number of carboxylic acid groups (broad SMARTS) is 1. The molecule has 6 heteroatoms. The van der Waals surface area contributed by atoms with Crippen molar-refractivity contribution in [2.24, 2.45) is 5.73 Å². The second-order valence-corrected chi connectivity index (χ2v) is 6.89. The van der Waals surface area contributed by atoms with E-state index in [2.05, 4.69) is 0 Å². The van der Waals surface area contributed by atoms with E-state index in [4.69, 9.17) is 15.0 Å². The highest BCUT2D eigenvalue weighted by atomic mass is 16.7. The number of nitrogens with two attached hydrogens (primary N) is 1. The maximum atomic E-state index is 11.3. The molecule has 0 radical (unpaired) electrons. The Morgan fingerprint density at radius 2 is 1.83 bits per heavy atom. The van der Waals surface area contributed by atoms with Crippen LogP contribution >= 0.6 is 0 Å². The first-order valence-electron chi connectivity index (χ1n) is 7.67. The van der Waals surface area contributed by atoms with E-state index in [1.54, 1.807) is 19.1 Å². The van der Waals surface area contributed by atoms with E-state index >= 15 is 0 Å². The fourth-order valence-corrected chi connectivity index (χ4v) is 2.39. The normalized spacial score (nSPS) is 19.9. The van der Waals surface area contributed by atoms with Crippen LogP contribution in [0.3, 0.4) is 0 Å². The van der Waals surface area contributed by atoms with Crippen LogP contribution in [-0.2, 0) is 9.31 Å². The predicted octanol–water partition coefficient (Wildman–Crippen LogP) is 2.67. The molecule has 2 rings (SSSR count). The summed E-state index contributed by atoms with van der Waals surface area (Å²) in [6, 6.07) is 5.29. The van der Waals surface area contributed by atoms with Crippen molar-refractivity contribution in [1.82, 2.24) is 0 Å². The maximum Gasteiger partial charge on any atom is 0.491 e. The van der Waals surface area contributed by atoms with Crippen LogP contribution < -0.4 is 5.73 Å². The van der Waals surface area contributed by atoms with Crippen LogP contribution in [0.4, 0.5) is 0 Å². The highest BCUT2D eigenvalue weighted by molar-refractivity contribution is 6.55. The lowest BCUT2D eigenvalue weighted by molar-refractivity contribution is 0.00578. The van der Waals surface area contributed by atoms with Gasteiger partial charge in [-0.25, -0.2) is 4.79 Å². The van der Waals surface area contributed by atoms with Crippen LogP contribution in [0, 0.1) is 6.92 Å². The van der Waals surface area contributed by atoms with Gasteiger partial charge >= 0.3 is 13.1 Å². The first kappa shape index (κ1) is 17.7. The highest BCUT2D eigenvalue weighted by Gasteiger charge is 2.52. The highest BCUT2D eigenvalue weighted by Crippen LogP contribution is 2.38. The van der Waals surface area contributed by atoms with E-state index < -0.39 is 24.3 Å². The number of aromatic carboxylic acids is 1. The number of hydrogen-bond donors (Lipinski definition) is 2. The molecule has 5 nitrogen and oxygen atoms in total. The molecule has 0 bridgehead atoms. The van der Waals surface area contributed by atoms with Crippen LogP contribution in [0.2, 0.25) is 0 Å². The van der Waals surface area contributed by atoms with Crippen molar-refractivity contribution < 1.29 is 19.2 Å². The molecule has 0 atom stereocenters. The number of carboxylic acids is 1. The zero-order valence-electron chi connectivity index (χ0n) is 14.3. The quantitative estimate of drug-likeness (QED) is 0.834. The van der Waals surface area contributed by atoms with E-state index in [-0.39, 0.29) is 12.1 Å². The fourth-order valence-electron chi connectivity index (χ4n) is 2.39.